The Morgan fingerprint density at radius 2 is 2.12 bits per heavy atom. The number of aryl methyl sites for hydroxylation is 1. The fourth-order valence-corrected chi connectivity index (χ4v) is 5.23. The lowest BCUT2D eigenvalue weighted by Crippen LogP contribution is -2.25. The highest BCUT2D eigenvalue weighted by molar-refractivity contribution is 7.89. The molecule has 3 heterocycles. The standard InChI is InChI=1S/C15H15N3O4S3/c1-18-10(8-11(17-18)12-4-3-6-23-12)9-16-25(20,21)13-5-7-24-14(13)15(19)22-2/h3-8,16H,9H2,1-2H3. The molecule has 0 radical (unpaired) electrons. The van der Waals surface area contributed by atoms with E-state index in [1.165, 1.54) is 13.2 Å². The fraction of sp³-hybridized carbons (Fsp3) is 0.200. The van der Waals surface area contributed by atoms with Crippen LogP contribution >= 0.6 is 22.7 Å². The summed E-state index contributed by atoms with van der Waals surface area (Å²) in [7, 11) is -0.870. The Bertz CT molecular complexity index is 987. The van der Waals surface area contributed by atoms with Gasteiger partial charge in [-0.2, -0.15) is 5.10 Å². The molecular weight excluding hydrogens is 382 g/mol. The zero-order chi connectivity index (χ0) is 18.0. The summed E-state index contributed by atoms with van der Waals surface area (Å²) in [4.78, 5) is 12.7. The molecule has 0 saturated carbocycles. The first-order chi connectivity index (χ1) is 11.9. The summed E-state index contributed by atoms with van der Waals surface area (Å²) in [6.45, 7) is 0.0632. The molecule has 3 aromatic heterocycles. The third kappa shape index (κ3) is 3.66. The minimum absolute atomic E-state index is 0.0549. The lowest BCUT2D eigenvalue weighted by Gasteiger charge is -2.07. The van der Waals surface area contributed by atoms with E-state index < -0.39 is 16.0 Å². The zero-order valence-electron chi connectivity index (χ0n) is 13.4. The van der Waals surface area contributed by atoms with Gasteiger partial charge in [-0.3, -0.25) is 4.68 Å². The number of ether oxygens (including phenoxy) is 1. The number of esters is 1. The van der Waals surface area contributed by atoms with Gasteiger partial charge in [-0.1, -0.05) is 6.07 Å². The third-order valence-corrected chi connectivity index (χ3v) is 6.84. The number of thiophene rings is 2. The molecule has 7 nitrogen and oxygen atoms in total. The molecule has 0 aromatic carbocycles. The van der Waals surface area contributed by atoms with Crippen molar-refractivity contribution >= 4 is 38.7 Å². The van der Waals surface area contributed by atoms with Gasteiger partial charge >= 0.3 is 5.97 Å². The Labute approximate surface area is 152 Å². The Kier molecular flexibility index (Phi) is 5.04. The number of sulfonamides is 1. The van der Waals surface area contributed by atoms with Crippen molar-refractivity contribution in [1.29, 1.82) is 0 Å². The topological polar surface area (TPSA) is 90.3 Å². The second kappa shape index (κ2) is 7.08. The summed E-state index contributed by atoms with van der Waals surface area (Å²) >= 11 is 2.59. The van der Waals surface area contributed by atoms with Crippen LogP contribution in [0.2, 0.25) is 0 Å². The van der Waals surface area contributed by atoms with Crippen molar-refractivity contribution in [3.63, 3.8) is 0 Å². The highest BCUT2D eigenvalue weighted by atomic mass is 32.2. The first-order valence-electron chi connectivity index (χ1n) is 7.14. The van der Waals surface area contributed by atoms with E-state index in [4.69, 9.17) is 0 Å². The molecule has 0 spiro atoms. The number of hydrogen-bond acceptors (Lipinski definition) is 7. The van der Waals surface area contributed by atoms with Crippen molar-refractivity contribution in [3.8, 4) is 10.6 Å². The van der Waals surface area contributed by atoms with Crippen LogP contribution in [0.5, 0.6) is 0 Å². The number of carbonyl (C=O) groups is 1. The van der Waals surface area contributed by atoms with Crippen LogP contribution in [0.4, 0.5) is 0 Å². The third-order valence-electron chi connectivity index (χ3n) is 3.48. The summed E-state index contributed by atoms with van der Waals surface area (Å²) < 4.78 is 33.8. The fourth-order valence-electron chi connectivity index (χ4n) is 2.21. The Morgan fingerprint density at radius 3 is 2.80 bits per heavy atom. The first-order valence-corrected chi connectivity index (χ1v) is 10.4. The van der Waals surface area contributed by atoms with Gasteiger partial charge in [0.25, 0.3) is 0 Å². The molecule has 0 bridgehead atoms. The predicted octanol–water partition coefficient (Wildman–Crippen LogP) is 2.48. The molecule has 132 valence electrons. The lowest BCUT2D eigenvalue weighted by molar-refractivity contribution is 0.0602. The van der Waals surface area contributed by atoms with Gasteiger partial charge in [0.05, 0.1) is 24.2 Å². The van der Waals surface area contributed by atoms with Crippen LogP contribution < -0.4 is 4.72 Å². The van der Waals surface area contributed by atoms with Crippen LogP contribution in [-0.4, -0.2) is 31.3 Å². The first kappa shape index (κ1) is 17.8. The molecule has 0 aliphatic rings. The minimum Gasteiger partial charge on any atom is -0.465 e. The average molecular weight is 398 g/mol. The lowest BCUT2D eigenvalue weighted by atomic mass is 10.3. The Balaban J connectivity index is 1.80. The van der Waals surface area contributed by atoms with Gasteiger partial charge in [-0.05, 0) is 29.0 Å². The molecule has 3 rings (SSSR count). The van der Waals surface area contributed by atoms with Crippen molar-refractivity contribution in [2.45, 2.75) is 11.4 Å². The summed E-state index contributed by atoms with van der Waals surface area (Å²) in [5, 5.41) is 7.89. The maximum Gasteiger partial charge on any atom is 0.349 e. The van der Waals surface area contributed by atoms with Crippen LogP contribution in [0.15, 0.2) is 39.9 Å². The summed E-state index contributed by atoms with van der Waals surface area (Å²) in [6, 6.07) is 7.11. The van der Waals surface area contributed by atoms with E-state index in [2.05, 4.69) is 14.6 Å². The molecule has 0 atom stereocenters. The Morgan fingerprint density at radius 1 is 1.32 bits per heavy atom. The smallest absolute Gasteiger partial charge is 0.349 e. The summed E-state index contributed by atoms with van der Waals surface area (Å²) in [5.41, 5.74) is 1.50. The Hall–Kier alpha value is -2.01. The number of rotatable bonds is 6. The molecule has 3 aromatic rings. The minimum atomic E-state index is -3.84. The highest BCUT2D eigenvalue weighted by Crippen LogP contribution is 2.25. The quantitative estimate of drug-likeness (QED) is 0.646. The van der Waals surface area contributed by atoms with Gasteiger partial charge in [-0.25, -0.2) is 17.9 Å². The SMILES string of the molecule is COC(=O)c1sccc1S(=O)(=O)NCc1cc(-c2cccs2)nn1C. The number of hydrogen-bond donors (Lipinski definition) is 1. The second-order valence-electron chi connectivity index (χ2n) is 5.05. The zero-order valence-corrected chi connectivity index (χ0v) is 15.9. The van der Waals surface area contributed by atoms with Crippen LogP contribution in [0.25, 0.3) is 10.6 Å². The summed E-state index contributed by atoms with van der Waals surface area (Å²) in [5.74, 6) is -0.670. The molecule has 0 unspecified atom stereocenters. The van der Waals surface area contributed by atoms with E-state index >= 15 is 0 Å². The van der Waals surface area contributed by atoms with Gasteiger partial charge in [0, 0.05) is 7.05 Å². The van der Waals surface area contributed by atoms with Crippen molar-refractivity contribution in [2.75, 3.05) is 7.11 Å². The number of nitrogens with zero attached hydrogens (tertiary/aromatic N) is 2. The molecular formula is C15H15N3O4S3. The van der Waals surface area contributed by atoms with Crippen molar-refractivity contribution in [3.05, 3.63) is 45.6 Å². The van der Waals surface area contributed by atoms with Gasteiger partial charge < -0.3 is 4.74 Å². The number of carbonyl (C=O) groups excluding carboxylic acids is 1. The molecule has 0 amide bonds. The molecule has 1 N–H and O–H groups in total. The largest absolute Gasteiger partial charge is 0.465 e. The van der Waals surface area contributed by atoms with E-state index in [-0.39, 0.29) is 16.3 Å². The van der Waals surface area contributed by atoms with E-state index in [0.29, 0.717) is 5.69 Å². The van der Waals surface area contributed by atoms with Crippen LogP contribution in [-0.2, 0) is 28.4 Å². The van der Waals surface area contributed by atoms with Crippen molar-refractivity contribution < 1.29 is 17.9 Å². The second-order valence-corrected chi connectivity index (χ2v) is 8.65. The molecule has 25 heavy (non-hydrogen) atoms. The highest BCUT2D eigenvalue weighted by Gasteiger charge is 2.24. The van der Waals surface area contributed by atoms with Crippen molar-refractivity contribution in [1.82, 2.24) is 14.5 Å². The molecule has 0 fully saturated rings. The van der Waals surface area contributed by atoms with E-state index in [9.17, 15) is 13.2 Å². The maximum atomic E-state index is 12.5. The van der Waals surface area contributed by atoms with Gasteiger partial charge in [-0.15, -0.1) is 22.7 Å². The van der Waals surface area contributed by atoms with Crippen LogP contribution in [0.1, 0.15) is 15.4 Å². The predicted molar refractivity (Wildman–Crippen MR) is 96.2 cm³/mol. The number of aromatic nitrogens is 2. The molecule has 10 heteroatoms. The van der Waals surface area contributed by atoms with E-state index in [1.807, 2.05) is 23.6 Å². The maximum absolute atomic E-state index is 12.5. The van der Waals surface area contributed by atoms with Gasteiger partial charge in [0.15, 0.2) is 0 Å². The van der Waals surface area contributed by atoms with Crippen molar-refractivity contribution in [2.24, 2.45) is 7.05 Å². The van der Waals surface area contributed by atoms with E-state index in [1.54, 1.807) is 28.4 Å². The van der Waals surface area contributed by atoms with Gasteiger partial charge in [0.1, 0.15) is 15.5 Å². The molecule has 0 aliphatic heterocycles. The normalized spacial score (nSPS) is 11.6. The average Bonchev–Trinajstić information content (AvgIpc) is 3.32. The van der Waals surface area contributed by atoms with Crippen LogP contribution in [0.3, 0.4) is 0 Å². The summed E-state index contributed by atoms with van der Waals surface area (Å²) in [6.07, 6.45) is 0. The molecule has 0 saturated heterocycles. The number of methoxy groups -OCH3 is 1. The molecule has 0 aliphatic carbocycles. The monoisotopic (exact) mass is 397 g/mol. The van der Waals surface area contributed by atoms with Crippen LogP contribution in [0, 0.1) is 0 Å². The van der Waals surface area contributed by atoms with E-state index in [0.717, 1.165) is 21.9 Å². The van der Waals surface area contributed by atoms with Gasteiger partial charge in [0.2, 0.25) is 10.0 Å². The number of nitrogens with one attached hydrogen (secondary N) is 1.